The molecule has 4 heteroatoms. The van der Waals surface area contributed by atoms with Crippen molar-refractivity contribution in [1.82, 2.24) is 0 Å². The molecule has 0 rings (SSSR count). The highest BCUT2D eigenvalue weighted by molar-refractivity contribution is 9.09. The van der Waals surface area contributed by atoms with Crippen LogP contribution in [-0.2, 0) is 8.85 Å². The molecule has 0 aromatic carbocycles. The minimum atomic E-state index is -1.83. The molecule has 0 bridgehead atoms. The first-order valence-corrected chi connectivity index (χ1v) is 7.44. The lowest BCUT2D eigenvalue weighted by Gasteiger charge is -2.26. The van der Waals surface area contributed by atoms with Crippen molar-refractivity contribution in [3.8, 4) is 0 Å². The molecule has 0 N–H and O–H groups in total. The lowest BCUT2D eigenvalue weighted by atomic mass is 10.9. The molecule has 0 aromatic heterocycles. The van der Waals surface area contributed by atoms with Gasteiger partial charge in [0.1, 0.15) is 5.01 Å². The molecule has 0 saturated carbocycles. The smallest absolute Gasteiger partial charge is 0.335 e. The fourth-order valence-corrected chi connectivity index (χ4v) is 3.79. The van der Waals surface area contributed by atoms with Gasteiger partial charge in [-0.15, -0.1) is 0 Å². The fraction of sp³-hybridized carbons (Fsp3) is 1.00. The Balaban J connectivity index is 3.87. The molecule has 2 unspecified atom stereocenters. The van der Waals surface area contributed by atoms with Crippen LogP contribution in [0.1, 0.15) is 20.8 Å². The lowest BCUT2D eigenvalue weighted by molar-refractivity contribution is 0.178. The summed E-state index contributed by atoms with van der Waals surface area (Å²) in [6.07, 6.45) is 0. The summed E-state index contributed by atoms with van der Waals surface area (Å²) >= 11 is 3.35. The van der Waals surface area contributed by atoms with Crippen molar-refractivity contribution >= 4 is 24.5 Å². The van der Waals surface area contributed by atoms with E-state index in [9.17, 15) is 0 Å². The normalized spacial score (nSPS) is 19.4. The Morgan fingerprint density at radius 2 is 2.00 bits per heavy atom. The monoisotopic (exact) mass is 240 g/mol. The Bertz CT molecular complexity index is 111. The van der Waals surface area contributed by atoms with Gasteiger partial charge >= 0.3 is 8.56 Å². The molecule has 0 fully saturated rings. The highest BCUT2D eigenvalue weighted by Crippen LogP contribution is 2.17. The molecular formula is C7H17BrO2Si. The van der Waals surface area contributed by atoms with Crippen LogP contribution in [0.5, 0.6) is 0 Å². The Morgan fingerprint density at radius 3 is 2.27 bits per heavy atom. The van der Waals surface area contributed by atoms with Crippen molar-refractivity contribution in [2.24, 2.45) is 0 Å². The van der Waals surface area contributed by atoms with E-state index in [1.807, 2.05) is 13.8 Å². The molecule has 0 aliphatic carbocycles. The molecule has 0 radical (unpaired) electrons. The van der Waals surface area contributed by atoms with Gasteiger partial charge in [0.05, 0.1) is 0 Å². The molecule has 0 saturated heterocycles. The fourth-order valence-electron chi connectivity index (χ4n) is 0.868. The van der Waals surface area contributed by atoms with Crippen LogP contribution in [0.2, 0.25) is 12.6 Å². The van der Waals surface area contributed by atoms with Crippen LogP contribution in [0.15, 0.2) is 0 Å². The highest BCUT2D eigenvalue weighted by Gasteiger charge is 2.29. The molecule has 0 aromatic rings. The van der Waals surface area contributed by atoms with Crippen molar-refractivity contribution in [2.45, 2.75) is 38.4 Å². The van der Waals surface area contributed by atoms with Gasteiger partial charge in [-0.05, 0) is 26.4 Å². The van der Waals surface area contributed by atoms with E-state index in [4.69, 9.17) is 8.85 Å². The number of halogens is 1. The average molecular weight is 241 g/mol. The Morgan fingerprint density at radius 1 is 1.45 bits per heavy atom. The Hall–Kier alpha value is 0.617. The first kappa shape index (κ1) is 11.6. The second kappa shape index (κ2) is 5.30. The number of alkyl halides is 1. The van der Waals surface area contributed by atoms with Gasteiger partial charge < -0.3 is 8.85 Å². The maximum Gasteiger partial charge on any atom is 0.335 e. The van der Waals surface area contributed by atoms with Crippen molar-refractivity contribution in [3.63, 3.8) is 0 Å². The topological polar surface area (TPSA) is 18.5 Å². The van der Waals surface area contributed by atoms with Crippen LogP contribution in [0.4, 0.5) is 0 Å². The van der Waals surface area contributed by atoms with Crippen molar-refractivity contribution in [3.05, 3.63) is 0 Å². The summed E-state index contributed by atoms with van der Waals surface area (Å²) in [5.41, 5.74) is 0. The van der Waals surface area contributed by atoms with Crippen LogP contribution < -0.4 is 0 Å². The number of hydrogen-bond donors (Lipinski definition) is 0. The van der Waals surface area contributed by atoms with Crippen LogP contribution >= 0.6 is 15.9 Å². The van der Waals surface area contributed by atoms with E-state index >= 15 is 0 Å². The van der Waals surface area contributed by atoms with Crippen molar-refractivity contribution in [1.29, 1.82) is 0 Å². The van der Waals surface area contributed by atoms with Gasteiger partial charge in [0.25, 0.3) is 0 Å². The SMILES string of the molecule is CCO[Si](C)(CC)OC(C)Br. The summed E-state index contributed by atoms with van der Waals surface area (Å²) in [4.78, 5) is 0. The van der Waals surface area contributed by atoms with E-state index in [1.165, 1.54) is 0 Å². The Kier molecular flexibility index (Phi) is 5.59. The predicted octanol–water partition coefficient (Wildman–Crippen LogP) is 2.87. The van der Waals surface area contributed by atoms with Crippen LogP contribution in [0.25, 0.3) is 0 Å². The van der Waals surface area contributed by atoms with Crippen LogP contribution in [0.3, 0.4) is 0 Å². The summed E-state index contributed by atoms with van der Waals surface area (Å²) in [5.74, 6) is 0. The van der Waals surface area contributed by atoms with Gasteiger partial charge in [-0.1, -0.05) is 22.9 Å². The molecule has 2 nitrogen and oxygen atoms in total. The van der Waals surface area contributed by atoms with E-state index < -0.39 is 8.56 Å². The van der Waals surface area contributed by atoms with Crippen LogP contribution in [-0.4, -0.2) is 20.2 Å². The van der Waals surface area contributed by atoms with E-state index in [0.29, 0.717) is 0 Å². The van der Waals surface area contributed by atoms with E-state index in [1.54, 1.807) is 0 Å². The number of hydrogen-bond acceptors (Lipinski definition) is 2. The number of rotatable bonds is 5. The molecule has 68 valence electrons. The molecule has 0 heterocycles. The van der Waals surface area contributed by atoms with Gasteiger partial charge in [-0.3, -0.25) is 0 Å². The zero-order valence-electron chi connectivity index (χ0n) is 7.69. The maximum atomic E-state index is 5.66. The largest absolute Gasteiger partial charge is 0.395 e. The lowest BCUT2D eigenvalue weighted by Crippen LogP contribution is -2.39. The third-order valence-corrected chi connectivity index (χ3v) is 5.07. The quantitative estimate of drug-likeness (QED) is 0.544. The first-order chi connectivity index (χ1) is 5.04. The molecule has 11 heavy (non-hydrogen) atoms. The van der Waals surface area contributed by atoms with Gasteiger partial charge in [0.15, 0.2) is 0 Å². The van der Waals surface area contributed by atoms with E-state index in [2.05, 4.69) is 29.4 Å². The molecule has 2 atom stereocenters. The third-order valence-electron chi connectivity index (χ3n) is 1.50. The zero-order chi connectivity index (χ0) is 8.91. The summed E-state index contributed by atoms with van der Waals surface area (Å²) in [7, 11) is -1.83. The van der Waals surface area contributed by atoms with Gasteiger partial charge in [0, 0.05) is 6.61 Å². The standard InChI is InChI=1S/C7H17BrO2Si/c1-5-9-11(4,6-2)10-7(3)8/h7H,5-6H2,1-4H3. The summed E-state index contributed by atoms with van der Waals surface area (Å²) in [6.45, 7) is 8.92. The molecule has 0 amide bonds. The van der Waals surface area contributed by atoms with Crippen molar-refractivity contribution in [2.75, 3.05) is 6.61 Å². The predicted molar refractivity (Wildman–Crippen MR) is 53.2 cm³/mol. The van der Waals surface area contributed by atoms with Gasteiger partial charge in [0.2, 0.25) is 0 Å². The van der Waals surface area contributed by atoms with E-state index in [-0.39, 0.29) is 5.01 Å². The first-order valence-electron chi connectivity index (χ1n) is 4.00. The second-order valence-electron chi connectivity index (χ2n) is 2.58. The summed E-state index contributed by atoms with van der Waals surface area (Å²) < 4.78 is 11.2. The molecule has 0 aliphatic rings. The second-order valence-corrected chi connectivity index (χ2v) is 7.37. The van der Waals surface area contributed by atoms with Gasteiger partial charge in [-0.25, -0.2) is 0 Å². The summed E-state index contributed by atoms with van der Waals surface area (Å²) in [6, 6.07) is 0.997. The minimum absolute atomic E-state index is 0.102. The van der Waals surface area contributed by atoms with Gasteiger partial charge in [-0.2, -0.15) is 0 Å². The minimum Gasteiger partial charge on any atom is -0.395 e. The average Bonchev–Trinajstić information content (AvgIpc) is 1.87. The van der Waals surface area contributed by atoms with E-state index in [0.717, 1.165) is 12.7 Å². The summed E-state index contributed by atoms with van der Waals surface area (Å²) in [5, 5.41) is 0.102. The van der Waals surface area contributed by atoms with Crippen molar-refractivity contribution < 1.29 is 8.85 Å². The van der Waals surface area contributed by atoms with Crippen LogP contribution in [0, 0.1) is 0 Å². The third kappa shape index (κ3) is 4.95. The zero-order valence-corrected chi connectivity index (χ0v) is 10.3. The highest BCUT2D eigenvalue weighted by atomic mass is 79.9. The molecular weight excluding hydrogens is 224 g/mol. The maximum absolute atomic E-state index is 5.66. The molecule has 0 aliphatic heterocycles. The molecule has 0 spiro atoms. The Labute approximate surface area is 78.7 Å².